The molecule has 0 aliphatic carbocycles. The number of likely N-dealkylation sites (N-methyl/N-ethyl adjacent to an activating group) is 1. The number of aryl methyl sites for hydroxylation is 1. The van der Waals surface area contributed by atoms with Crippen LogP contribution < -0.4 is 10.1 Å². The fourth-order valence-corrected chi connectivity index (χ4v) is 2.68. The summed E-state index contributed by atoms with van der Waals surface area (Å²) in [5.74, 6) is -0.0313. The van der Waals surface area contributed by atoms with Crippen LogP contribution in [0.4, 0.5) is 4.39 Å². The Morgan fingerprint density at radius 3 is 2.67 bits per heavy atom. The number of imidazole rings is 1. The number of nitrogens with zero attached hydrogens (tertiary/aromatic N) is 3. The van der Waals surface area contributed by atoms with E-state index in [0.717, 1.165) is 5.69 Å². The van der Waals surface area contributed by atoms with Crippen LogP contribution in [0, 0.1) is 5.82 Å². The third-order valence-electron chi connectivity index (χ3n) is 3.92. The number of benzene rings is 1. The van der Waals surface area contributed by atoms with Crippen molar-refractivity contribution >= 4 is 5.91 Å². The molecule has 0 saturated carbocycles. The van der Waals surface area contributed by atoms with Crippen LogP contribution in [-0.2, 0) is 11.8 Å². The van der Waals surface area contributed by atoms with Crippen LogP contribution in [0.2, 0.25) is 0 Å². The number of hydrogen-bond donors (Lipinski definition) is 1. The molecule has 1 N–H and O–H groups in total. The maximum absolute atomic E-state index is 13.6. The molecule has 1 amide bonds. The van der Waals surface area contributed by atoms with Crippen LogP contribution in [0.15, 0.2) is 30.7 Å². The van der Waals surface area contributed by atoms with Gasteiger partial charge >= 0.3 is 0 Å². The van der Waals surface area contributed by atoms with Crippen molar-refractivity contribution in [1.82, 2.24) is 19.8 Å². The quantitative estimate of drug-likeness (QED) is 0.878. The van der Waals surface area contributed by atoms with E-state index in [1.165, 1.54) is 19.2 Å². The summed E-state index contributed by atoms with van der Waals surface area (Å²) >= 11 is 0. The van der Waals surface area contributed by atoms with E-state index in [0.29, 0.717) is 11.3 Å². The Morgan fingerprint density at radius 1 is 1.42 bits per heavy atom. The predicted molar refractivity (Wildman–Crippen MR) is 89.1 cm³/mol. The molecule has 130 valence electrons. The van der Waals surface area contributed by atoms with E-state index in [4.69, 9.17) is 4.74 Å². The summed E-state index contributed by atoms with van der Waals surface area (Å²) in [4.78, 5) is 18.7. The van der Waals surface area contributed by atoms with Crippen molar-refractivity contribution in [3.8, 4) is 5.75 Å². The molecule has 2 atom stereocenters. The molecule has 0 aliphatic heterocycles. The van der Waals surface area contributed by atoms with Crippen molar-refractivity contribution in [2.75, 3.05) is 21.2 Å². The third kappa shape index (κ3) is 3.73. The maximum Gasteiger partial charge on any atom is 0.244 e. The summed E-state index contributed by atoms with van der Waals surface area (Å²) in [5, 5.41) is 2.93. The van der Waals surface area contributed by atoms with E-state index < -0.39 is 12.1 Å². The first-order chi connectivity index (χ1) is 11.3. The number of nitrogens with one attached hydrogen (secondary N) is 1. The average Bonchev–Trinajstić information content (AvgIpc) is 2.93. The first-order valence-electron chi connectivity index (χ1n) is 7.61. The molecule has 24 heavy (non-hydrogen) atoms. The zero-order valence-corrected chi connectivity index (χ0v) is 14.6. The highest BCUT2D eigenvalue weighted by Crippen LogP contribution is 2.27. The molecule has 0 radical (unpaired) electrons. The smallest absolute Gasteiger partial charge is 0.244 e. The Morgan fingerprint density at radius 2 is 2.12 bits per heavy atom. The van der Waals surface area contributed by atoms with Crippen molar-refractivity contribution in [2.45, 2.75) is 19.0 Å². The number of methoxy groups -OCH3 is 1. The van der Waals surface area contributed by atoms with Crippen molar-refractivity contribution in [3.05, 3.63) is 47.8 Å². The normalized spacial score (nSPS) is 13.6. The number of halogens is 1. The van der Waals surface area contributed by atoms with Gasteiger partial charge in [-0.15, -0.1) is 0 Å². The summed E-state index contributed by atoms with van der Waals surface area (Å²) in [6.45, 7) is 1.80. The Bertz CT molecular complexity index is 714. The van der Waals surface area contributed by atoms with Crippen LogP contribution in [-0.4, -0.2) is 41.6 Å². The highest BCUT2D eigenvalue weighted by atomic mass is 19.1. The highest BCUT2D eigenvalue weighted by molar-refractivity contribution is 5.83. The van der Waals surface area contributed by atoms with E-state index in [9.17, 15) is 9.18 Å². The number of rotatable bonds is 6. The Balaban J connectivity index is 2.24. The van der Waals surface area contributed by atoms with Gasteiger partial charge in [0, 0.05) is 12.6 Å². The summed E-state index contributed by atoms with van der Waals surface area (Å²) in [7, 11) is 7.00. The van der Waals surface area contributed by atoms with Crippen molar-refractivity contribution < 1.29 is 13.9 Å². The summed E-state index contributed by atoms with van der Waals surface area (Å²) in [5.41, 5.74) is 1.37. The van der Waals surface area contributed by atoms with Gasteiger partial charge < -0.3 is 14.6 Å². The summed E-state index contributed by atoms with van der Waals surface area (Å²) < 4.78 is 20.6. The molecule has 1 heterocycles. The minimum absolute atomic E-state index is 0.192. The molecule has 0 unspecified atom stereocenters. The van der Waals surface area contributed by atoms with Crippen LogP contribution in [0.25, 0.3) is 0 Å². The first-order valence-corrected chi connectivity index (χ1v) is 7.61. The minimum atomic E-state index is -0.500. The lowest BCUT2D eigenvalue weighted by Crippen LogP contribution is -2.39. The second kappa shape index (κ2) is 7.44. The standard InChI is InChI=1S/C17H23FN4O2/c1-11(13-8-12(18)6-7-15(13)24-5)20-17(23)16(21(2)3)14-9-19-10-22(14)4/h6-11,16H,1-5H3,(H,20,23)/t11-,16-/m1/s1. The van der Waals surface area contributed by atoms with Gasteiger partial charge in [-0.1, -0.05) is 0 Å². The lowest BCUT2D eigenvalue weighted by atomic mass is 10.1. The van der Waals surface area contributed by atoms with Crippen molar-refractivity contribution in [1.29, 1.82) is 0 Å². The molecular weight excluding hydrogens is 311 g/mol. The van der Waals surface area contributed by atoms with E-state index >= 15 is 0 Å². The number of carbonyl (C=O) groups is 1. The molecular formula is C17H23FN4O2. The molecule has 1 aromatic carbocycles. The number of hydrogen-bond acceptors (Lipinski definition) is 4. The highest BCUT2D eigenvalue weighted by Gasteiger charge is 2.27. The molecule has 6 nitrogen and oxygen atoms in total. The van der Waals surface area contributed by atoms with Gasteiger partial charge in [0.15, 0.2) is 0 Å². The molecule has 1 aromatic heterocycles. The van der Waals surface area contributed by atoms with Gasteiger partial charge in [-0.2, -0.15) is 0 Å². The van der Waals surface area contributed by atoms with E-state index in [1.54, 1.807) is 30.1 Å². The van der Waals surface area contributed by atoms with Gasteiger partial charge in [0.25, 0.3) is 0 Å². The molecule has 0 aliphatic rings. The molecule has 0 spiro atoms. The van der Waals surface area contributed by atoms with Crippen LogP contribution >= 0.6 is 0 Å². The number of aromatic nitrogens is 2. The van der Waals surface area contributed by atoms with E-state index in [-0.39, 0.29) is 11.7 Å². The molecule has 0 fully saturated rings. The zero-order valence-electron chi connectivity index (χ0n) is 14.6. The summed E-state index contributed by atoms with van der Waals surface area (Å²) in [6.07, 6.45) is 3.32. The Hall–Kier alpha value is -2.41. The van der Waals surface area contributed by atoms with Crippen molar-refractivity contribution in [3.63, 3.8) is 0 Å². The minimum Gasteiger partial charge on any atom is -0.496 e. The SMILES string of the molecule is COc1ccc(F)cc1[C@@H](C)NC(=O)[C@@H](c1cncn1C)N(C)C. The van der Waals surface area contributed by atoms with Gasteiger partial charge in [-0.05, 0) is 39.2 Å². The van der Waals surface area contributed by atoms with E-state index in [1.807, 2.05) is 26.0 Å². The van der Waals surface area contributed by atoms with Gasteiger partial charge in [-0.3, -0.25) is 9.69 Å². The van der Waals surface area contributed by atoms with Gasteiger partial charge in [0.1, 0.15) is 17.6 Å². The average molecular weight is 334 g/mol. The monoisotopic (exact) mass is 334 g/mol. The fourth-order valence-electron chi connectivity index (χ4n) is 2.68. The van der Waals surface area contributed by atoms with Gasteiger partial charge in [-0.25, -0.2) is 9.37 Å². The lowest BCUT2D eigenvalue weighted by Gasteiger charge is -2.26. The van der Waals surface area contributed by atoms with Crippen LogP contribution in [0.3, 0.4) is 0 Å². The van der Waals surface area contributed by atoms with Crippen LogP contribution in [0.1, 0.15) is 30.3 Å². The Kier molecular flexibility index (Phi) is 5.56. The molecule has 2 rings (SSSR count). The number of amides is 1. The van der Waals surface area contributed by atoms with Crippen LogP contribution in [0.5, 0.6) is 5.75 Å². The zero-order chi connectivity index (χ0) is 17.9. The number of carbonyl (C=O) groups excluding carboxylic acids is 1. The number of ether oxygens (including phenoxy) is 1. The molecule has 0 saturated heterocycles. The Labute approximate surface area is 141 Å². The van der Waals surface area contributed by atoms with Gasteiger partial charge in [0.05, 0.1) is 31.4 Å². The topological polar surface area (TPSA) is 59.4 Å². The second-order valence-electron chi connectivity index (χ2n) is 5.91. The maximum atomic E-state index is 13.6. The van der Waals surface area contributed by atoms with Crippen molar-refractivity contribution in [2.24, 2.45) is 7.05 Å². The summed E-state index contributed by atoms with van der Waals surface area (Å²) in [6, 6.07) is 3.35. The predicted octanol–water partition coefficient (Wildman–Crippen LogP) is 2.05. The molecule has 2 aromatic rings. The molecule has 7 heteroatoms. The third-order valence-corrected chi connectivity index (χ3v) is 3.92. The molecule has 0 bridgehead atoms. The first kappa shape index (κ1) is 17.9. The largest absolute Gasteiger partial charge is 0.496 e. The van der Waals surface area contributed by atoms with E-state index in [2.05, 4.69) is 10.3 Å². The second-order valence-corrected chi connectivity index (χ2v) is 5.91. The lowest BCUT2D eigenvalue weighted by molar-refractivity contribution is -0.126. The fraction of sp³-hybridized carbons (Fsp3) is 0.412. The van der Waals surface area contributed by atoms with Gasteiger partial charge in [0.2, 0.25) is 5.91 Å².